The second-order valence-electron chi connectivity index (χ2n) is 7.64. The van der Waals surface area contributed by atoms with Crippen LogP contribution in [0.25, 0.3) is 10.8 Å². The molecule has 0 saturated heterocycles. The van der Waals surface area contributed by atoms with E-state index in [2.05, 4.69) is 5.32 Å². The molecule has 3 aromatic rings. The first kappa shape index (κ1) is 23.4. The zero-order valence-electron chi connectivity index (χ0n) is 18.4. The lowest BCUT2D eigenvalue weighted by Gasteiger charge is -2.22. The normalized spacial score (nSPS) is 11.4. The van der Waals surface area contributed by atoms with Gasteiger partial charge in [-0.1, -0.05) is 30.3 Å². The number of sulfonamides is 1. The molecule has 3 rings (SSSR count). The van der Waals surface area contributed by atoms with Crippen molar-refractivity contribution < 1.29 is 22.7 Å². The van der Waals surface area contributed by atoms with Gasteiger partial charge in [0.15, 0.2) is 0 Å². The predicted molar refractivity (Wildman–Crippen MR) is 127 cm³/mol. The van der Waals surface area contributed by atoms with E-state index in [1.807, 2.05) is 56.3 Å². The van der Waals surface area contributed by atoms with Crippen LogP contribution in [0.4, 0.5) is 5.69 Å². The first-order chi connectivity index (χ1) is 15.2. The molecule has 0 bridgehead atoms. The number of nitrogens with zero attached hydrogens (tertiary/aromatic N) is 1. The Balaban J connectivity index is 1.53. The standard InChI is InChI=1S/C24H28N2O5S/c1-18(2)31-22-12-9-21(10-13-22)26(32(3,28)29)17-24(27)25-14-15-30-23-11-8-19-6-4-5-7-20(19)16-23/h4-13,16,18H,14-15,17H2,1-3H3,(H,25,27). The molecule has 0 aliphatic rings. The largest absolute Gasteiger partial charge is 0.492 e. The number of hydrogen-bond donors (Lipinski definition) is 1. The molecule has 0 heterocycles. The van der Waals surface area contributed by atoms with Gasteiger partial charge in [0.1, 0.15) is 24.7 Å². The van der Waals surface area contributed by atoms with Crippen molar-refractivity contribution in [3.8, 4) is 11.5 Å². The average molecular weight is 457 g/mol. The Kier molecular flexibility index (Phi) is 7.58. The van der Waals surface area contributed by atoms with E-state index in [4.69, 9.17) is 9.47 Å². The van der Waals surface area contributed by atoms with Crippen LogP contribution in [0.3, 0.4) is 0 Å². The van der Waals surface area contributed by atoms with Crippen molar-refractivity contribution in [1.82, 2.24) is 5.32 Å². The maximum Gasteiger partial charge on any atom is 0.240 e. The highest BCUT2D eigenvalue weighted by Crippen LogP contribution is 2.22. The van der Waals surface area contributed by atoms with Crippen molar-refractivity contribution in [2.75, 3.05) is 30.3 Å². The Morgan fingerprint density at radius 1 is 0.969 bits per heavy atom. The summed E-state index contributed by atoms with van der Waals surface area (Å²) in [6.07, 6.45) is 1.08. The molecular weight excluding hydrogens is 428 g/mol. The molecular formula is C24H28N2O5S. The minimum absolute atomic E-state index is 0.00876. The molecule has 0 aliphatic carbocycles. The Bertz CT molecular complexity index is 1160. The fraction of sp³-hybridized carbons (Fsp3) is 0.292. The maximum atomic E-state index is 12.4. The number of benzene rings is 3. The third kappa shape index (κ3) is 6.62. The van der Waals surface area contributed by atoms with Crippen LogP contribution in [-0.2, 0) is 14.8 Å². The van der Waals surface area contributed by atoms with Crippen LogP contribution in [0, 0.1) is 0 Å². The van der Waals surface area contributed by atoms with E-state index in [0.29, 0.717) is 17.2 Å². The Hall–Kier alpha value is -3.26. The van der Waals surface area contributed by atoms with Gasteiger partial charge in [0.25, 0.3) is 0 Å². The second-order valence-corrected chi connectivity index (χ2v) is 9.54. The first-order valence-corrected chi connectivity index (χ1v) is 12.2. The van der Waals surface area contributed by atoms with Crippen LogP contribution in [-0.4, -0.2) is 46.4 Å². The minimum atomic E-state index is -3.64. The highest BCUT2D eigenvalue weighted by molar-refractivity contribution is 7.92. The van der Waals surface area contributed by atoms with Gasteiger partial charge in [-0.3, -0.25) is 9.10 Å². The molecule has 0 atom stereocenters. The molecule has 1 N–H and O–H groups in total. The van der Waals surface area contributed by atoms with E-state index in [1.54, 1.807) is 24.3 Å². The van der Waals surface area contributed by atoms with Crippen molar-refractivity contribution in [3.05, 3.63) is 66.7 Å². The topological polar surface area (TPSA) is 84.9 Å². The molecule has 0 radical (unpaired) electrons. The molecule has 32 heavy (non-hydrogen) atoms. The molecule has 7 nitrogen and oxygen atoms in total. The lowest BCUT2D eigenvalue weighted by atomic mass is 10.1. The molecule has 8 heteroatoms. The number of rotatable bonds is 10. The van der Waals surface area contributed by atoms with Gasteiger partial charge in [-0.2, -0.15) is 0 Å². The zero-order valence-corrected chi connectivity index (χ0v) is 19.3. The summed E-state index contributed by atoms with van der Waals surface area (Å²) >= 11 is 0. The quantitative estimate of drug-likeness (QED) is 0.471. The van der Waals surface area contributed by atoms with Gasteiger partial charge in [-0.15, -0.1) is 0 Å². The number of hydrogen-bond acceptors (Lipinski definition) is 5. The van der Waals surface area contributed by atoms with Gasteiger partial charge in [-0.25, -0.2) is 8.42 Å². The number of amides is 1. The summed E-state index contributed by atoms with van der Waals surface area (Å²) in [7, 11) is -3.64. The van der Waals surface area contributed by atoms with Crippen LogP contribution in [0.15, 0.2) is 66.7 Å². The number of nitrogens with one attached hydrogen (secondary N) is 1. The van der Waals surface area contributed by atoms with Crippen LogP contribution >= 0.6 is 0 Å². The van der Waals surface area contributed by atoms with Crippen molar-refractivity contribution in [2.45, 2.75) is 20.0 Å². The van der Waals surface area contributed by atoms with Crippen LogP contribution in [0.5, 0.6) is 11.5 Å². The maximum absolute atomic E-state index is 12.4. The summed E-state index contributed by atoms with van der Waals surface area (Å²) < 4.78 is 36.8. The molecule has 0 aromatic heterocycles. The van der Waals surface area contributed by atoms with Gasteiger partial charge in [0.05, 0.1) is 24.6 Å². The van der Waals surface area contributed by atoms with Gasteiger partial charge >= 0.3 is 0 Å². The van der Waals surface area contributed by atoms with E-state index in [9.17, 15) is 13.2 Å². The number of carbonyl (C=O) groups excluding carboxylic acids is 1. The molecule has 0 saturated carbocycles. The van der Waals surface area contributed by atoms with Crippen molar-refractivity contribution in [3.63, 3.8) is 0 Å². The highest BCUT2D eigenvalue weighted by Gasteiger charge is 2.20. The van der Waals surface area contributed by atoms with Gasteiger partial charge in [0, 0.05) is 0 Å². The van der Waals surface area contributed by atoms with Crippen LogP contribution in [0.2, 0.25) is 0 Å². The van der Waals surface area contributed by atoms with Crippen LogP contribution in [0.1, 0.15) is 13.8 Å². The molecule has 3 aromatic carbocycles. The van der Waals surface area contributed by atoms with Crippen molar-refractivity contribution in [1.29, 1.82) is 0 Å². The van der Waals surface area contributed by atoms with Gasteiger partial charge in [-0.05, 0) is 61.0 Å². The molecule has 0 spiro atoms. The van der Waals surface area contributed by atoms with Crippen molar-refractivity contribution in [2.24, 2.45) is 0 Å². The molecule has 0 unspecified atom stereocenters. The summed E-state index contributed by atoms with van der Waals surface area (Å²) in [6, 6.07) is 20.4. The van der Waals surface area contributed by atoms with Crippen molar-refractivity contribution >= 4 is 32.4 Å². The number of anilines is 1. The SMILES string of the molecule is CC(C)Oc1ccc(N(CC(=O)NCCOc2ccc3ccccc3c2)S(C)(=O)=O)cc1. The lowest BCUT2D eigenvalue weighted by molar-refractivity contribution is -0.119. The second kappa shape index (κ2) is 10.4. The molecule has 1 amide bonds. The summed E-state index contributed by atoms with van der Waals surface area (Å²) in [5, 5.41) is 4.90. The van der Waals surface area contributed by atoms with E-state index in [0.717, 1.165) is 21.3 Å². The highest BCUT2D eigenvalue weighted by atomic mass is 32.2. The summed E-state index contributed by atoms with van der Waals surface area (Å²) in [5.41, 5.74) is 0.395. The molecule has 0 aliphatic heterocycles. The Labute approximate surface area is 189 Å². The monoisotopic (exact) mass is 456 g/mol. The third-order valence-electron chi connectivity index (χ3n) is 4.60. The fourth-order valence-electron chi connectivity index (χ4n) is 3.17. The predicted octanol–water partition coefficient (Wildman–Crippen LogP) is 3.59. The van der Waals surface area contributed by atoms with Crippen LogP contribution < -0.4 is 19.1 Å². The number of carbonyl (C=O) groups is 1. The van der Waals surface area contributed by atoms with E-state index in [-0.39, 0.29) is 25.8 Å². The summed E-state index contributed by atoms with van der Waals surface area (Å²) in [5.74, 6) is 0.923. The minimum Gasteiger partial charge on any atom is -0.492 e. The molecule has 170 valence electrons. The molecule has 0 fully saturated rings. The third-order valence-corrected chi connectivity index (χ3v) is 5.74. The van der Waals surface area contributed by atoms with Gasteiger partial charge in [0.2, 0.25) is 15.9 Å². The van der Waals surface area contributed by atoms with E-state index < -0.39 is 15.9 Å². The Morgan fingerprint density at radius 3 is 2.28 bits per heavy atom. The van der Waals surface area contributed by atoms with E-state index in [1.165, 1.54) is 0 Å². The lowest BCUT2D eigenvalue weighted by Crippen LogP contribution is -2.41. The average Bonchev–Trinajstić information content (AvgIpc) is 2.74. The first-order valence-electron chi connectivity index (χ1n) is 10.3. The Morgan fingerprint density at radius 2 is 1.62 bits per heavy atom. The van der Waals surface area contributed by atoms with E-state index >= 15 is 0 Å². The summed E-state index contributed by atoms with van der Waals surface area (Å²) in [6.45, 7) is 4.02. The fourth-order valence-corrected chi connectivity index (χ4v) is 4.02. The van der Waals surface area contributed by atoms with Gasteiger partial charge < -0.3 is 14.8 Å². The smallest absolute Gasteiger partial charge is 0.240 e. The number of ether oxygens (including phenoxy) is 2. The summed E-state index contributed by atoms with van der Waals surface area (Å²) in [4.78, 5) is 12.4. The number of fused-ring (bicyclic) bond motifs is 1. The zero-order chi connectivity index (χ0) is 23.1.